The molecule has 0 bridgehead atoms. The van der Waals surface area contributed by atoms with Crippen LogP contribution in [0.2, 0.25) is 0 Å². The van der Waals surface area contributed by atoms with Crippen LogP contribution in [0.1, 0.15) is 59.1 Å². The Labute approximate surface area is 199 Å². The smallest absolute Gasteiger partial charge is 0.225 e. The van der Waals surface area contributed by atoms with Gasteiger partial charge in [0.25, 0.3) is 0 Å². The lowest BCUT2D eigenvalue weighted by atomic mass is 9.88. The molecule has 0 radical (unpaired) electrons. The van der Waals surface area contributed by atoms with Gasteiger partial charge in [-0.2, -0.15) is 4.98 Å². The first-order valence-corrected chi connectivity index (χ1v) is 12.3. The van der Waals surface area contributed by atoms with Gasteiger partial charge in [0.1, 0.15) is 5.82 Å². The minimum absolute atomic E-state index is 0.423. The predicted octanol–water partition coefficient (Wildman–Crippen LogP) is 5.75. The first kappa shape index (κ1) is 23.5. The summed E-state index contributed by atoms with van der Waals surface area (Å²) in [6.45, 7) is 12.3. The summed E-state index contributed by atoms with van der Waals surface area (Å²) in [5, 5.41) is 8.58. The maximum absolute atomic E-state index is 4.82. The number of benzene rings is 2. The molecule has 4 rings (SSSR count). The Hall–Kier alpha value is -2.66. The Morgan fingerprint density at radius 2 is 1.36 bits per heavy atom. The lowest BCUT2D eigenvalue weighted by Crippen LogP contribution is -2.37. The first-order valence-electron chi connectivity index (χ1n) is 12.3. The Kier molecular flexibility index (Phi) is 6.89. The summed E-state index contributed by atoms with van der Waals surface area (Å²) in [4.78, 5) is 11.7. The maximum atomic E-state index is 4.82. The molecule has 1 saturated carbocycles. The van der Waals surface area contributed by atoms with Crippen LogP contribution in [0.15, 0.2) is 24.3 Å². The lowest BCUT2D eigenvalue weighted by Gasteiger charge is -2.30. The highest BCUT2D eigenvalue weighted by molar-refractivity contribution is 5.90. The molecule has 33 heavy (non-hydrogen) atoms. The summed E-state index contributed by atoms with van der Waals surface area (Å²) >= 11 is 0. The summed E-state index contributed by atoms with van der Waals surface area (Å²) in [6, 6.07) is 9.23. The van der Waals surface area contributed by atoms with Crippen molar-refractivity contribution >= 4 is 22.7 Å². The molecule has 1 aliphatic carbocycles. The predicted molar refractivity (Wildman–Crippen MR) is 140 cm³/mol. The van der Waals surface area contributed by atoms with Gasteiger partial charge in [0.05, 0.1) is 5.52 Å². The van der Waals surface area contributed by atoms with E-state index in [0.717, 1.165) is 42.1 Å². The van der Waals surface area contributed by atoms with Gasteiger partial charge in [0.15, 0.2) is 0 Å². The van der Waals surface area contributed by atoms with Gasteiger partial charge in [0.2, 0.25) is 5.95 Å². The Bertz CT molecular complexity index is 1110. The third-order valence-corrected chi connectivity index (χ3v) is 7.79. The van der Waals surface area contributed by atoms with E-state index in [9.17, 15) is 0 Å². The Morgan fingerprint density at radius 3 is 2.00 bits per heavy atom. The largest absolute Gasteiger partial charge is 0.362 e. The molecule has 0 spiro atoms. The van der Waals surface area contributed by atoms with Crippen molar-refractivity contribution in [2.24, 2.45) is 0 Å². The molecule has 2 aromatic carbocycles. The Balaban J connectivity index is 1.38. The van der Waals surface area contributed by atoms with Gasteiger partial charge in [-0.1, -0.05) is 12.1 Å². The second-order valence-corrected chi connectivity index (χ2v) is 9.96. The molecule has 3 aromatic rings. The van der Waals surface area contributed by atoms with Crippen molar-refractivity contribution in [3.8, 4) is 0 Å². The second kappa shape index (κ2) is 9.68. The monoisotopic (exact) mass is 445 g/mol. The first-order chi connectivity index (χ1) is 15.8. The molecule has 0 atom stereocenters. The molecule has 1 aromatic heterocycles. The summed E-state index contributed by atoms with van der Waals surface area (Å²) in [5.41, 5.74) is 9.69. The van der Waals surface area contributed by atoms with Crippen molar-refractivity contribution in [3.63, 3.8) is 0 Å². The van der Waals surface area contributed by atoms with Crippen molar-refractivity contribution in [1.82, 2.24) is 15.3 Å². The van der Waals surface area contributed by atoms with Gasteiger partial charge in [-0.15, -0.1) is 0 Å². The van der Waals surface area contributed by atoms with E-state index >= 15 is 0 Å². The maximum Gasteiger partial charge on any atom is 0.225 e. The van der Waals surface area contributed by atoms with Crippen molar-refractivity contribution < 1.29 is 0 Å². The Morgan fingerprint density at radius 1 is 0.788 bits per heavy atom. The van der Waals surface area contributed by atoms with E-state index in [1.807, 2.05) is 26.2 Å². The van der Waals surface area contributed by atoms with Crippen LogP contribution in [0.5, 0.6) is 0 Å². The van der Waals surface area contributed by atoms with Gasteiger partial charge < -0.3 is 15.5 Å². The zero-order chi connectivity index (χ0) is 23.7. The van der Waals surface area contributed by atoms with Crippen LogP contribution in [0.25, 0.3) is 10.9 Å². The minimum Gasteiger partial charge on any atom is -0.362 e. The normalized spacial score (nSPS) is 18.5. The van der Waals surface area contributed by atoms with E-state index in [1.54, 1.807) is 0 Å². The third kappa shape index (κ3) is 4.84. The highest BCUT2D eigenvalue weighted by Crippen LogP contribution is 2.28. The van der Waals surface area contributed by atoms with E-state index in [-0.39, 0.29) is 0 Å². The van der Waals surface area contributed by atoms with Crippen LogP contribution in [0.3, 0.4) is 0 Å². The van der Waals surface area contributed by atoms with E-state index in [2.05, 4.69) is 62.3 Å². The number of anilines is 2. The fourth-order valence-corrected chi connectivity index (χ4v) is 5.18. The molecule has 1 heterocycles. The number of nitrogens with zero attached hydrogens (tertiary/aromatic N) is 3. The SMILES string of the molecule is Cc1c(C)c(C)c(CN[C@H]2CC[C@@H](Nc3nc(N(C)C)c4ccccc4n3)CC2)c(C)c1C. The van der Waals surface area contributed by atoms with Gasteiger partial charge >= 0.3 is 0 Å². The van der Waals surface area contributed by atoms with E-state index in [0.29, 0.717) is 12.1 Å². The third-order valence-electron chi connectivity index (χ3n) is 7.79. The number of fused-ring (bicyclic) bond motifs is 1. The summed E-state index contributed by atoms with van der Waals surface area (Å²) in [7, 11) is 4.08. The minimum atomic E-state index is 0.423. The summed E-state index contributed by atoms with van der Waals surface area (Å²) in [6.07, 6.45) is 4.62. The van der Waals surface area contributed by atoms with Crippen LogP contribution < -0.4 is 15.5 Å². The molecular formula is C28H39N5. The molecule has 0 unspecified atom stereocenters. The molecule has 0 saturated heterocycles. The average Bonchev–Trinajstić information content (AvgIpc) is 2.82. The molecule has 2 N–H and O–H groups in total. The van der Waals surface area contributed by atoms with E-state index in [4.69, 9.17) is 9.97 Å². The lowest BCUT2D eigenvalue weighted by molar-refractivity contribution is 0.352. The zero-order valence-corrected chi connectivity index (χ0v) is 21.3. The van der Waals surface area contributed by atoms with Crippen molar-refractivity contribution in [2.75, 3.05) is 24.3 Å². The number of hydrogen-bond acceptors (Lipinski definition) is 5. The van der Waals surface area contributed by atoms with E-state index < -0.39 is 0 Å². The highest BCUT2D eigenvalue weighted by atomic mass is 15.2. The van der Waals surface area contributed by atoms with Crippen LogP contribution in [-0.4, -0.2) is 36.1 Å². The van der Waals surface area contributed by atoms with Gasteiger partial charge in [0, 0.05) is 38.1 Å². The molecule has 5 heteroatoms. The summed E-state index contributed by atoms with van der Waals surface area (Å²) < 4.78 is 0. The van der Waals surface area contributed by atoms with Crippen molar-refractivity contribution in [1.29, 1.82) is 0 Å². The van der Waals surface area contributed by atoms with Gasteiger partial charge in [-0.3, -0.25) is 0 Å². The molecule has 1 aliphatic rings. The van der Waals surface area contributed by atoms with Crippen LogP contribution in [0, 0.1) is 34.6 Å². The molecule has 1 fully saturated rings. The average molecular weight is 446 g/mol. The van der Waals surface area contributed by atoms with Crippen LogP contribution in [0.4, 0.5) is 11.8 Å². The number of aromatic nitrogens is 2. The molecule has 5 nitrogen and oxygen atoms in total. The van der Waals surface area contributed by atoms with Crippen molar-refractivity contribution in [3.05, 3.63) is 57.6 Å². The van der Waals surface area contributed by atoms with Crippen molar-refractivity contribution in [2.45, 2.75) is 78.9 Å². The quantitative estimate of drug-likeness (QED) is 0.506. The van der Waals surface area contributed by atoms with Crippen LogP contribution >= 0.6 is 0 Å². The number of nitrogens with one attached hydrogen (secondary N) is 2. The molecule has 0 aliphatic heterocycles. The molecule has 0 amide bonds. The second-order valence-electron chi connectivity index (χ2n) is 9.96. The van der Waals surface area contributed by atoms with Gasteiger partial charge in [-0.05, 0) is 106 Å². The number of rotatable bonds is 6. The highest BCUT2D eigenvalue weighted by Gasteiger charge is 2.23. The molecule has 176 valence electrons. The fraction of sp³-hybridized carbons (Fsp3) is 0.500. The van der Waals surface area contributed by atoms with Crippen LogP contribution in [-0.2, 0) is 6.54 Å². The number of para-hydroxylation sites is 1. The summed E-state index contributed by atoms with van der Waals surface area (Å²) in [5.74, 6) is 1.71. The van der Waals surface area contributed by atoms with E-state index in [1.165, 1.54) is 46.2 Å². The topological polar surface area (TPSA) is 53.1 Å². The zero-order valence-electron chi connectivity index (χ0n) is 21.3. The fourth-order valence-electron chi connectivity index (χ4n) is 5.18. The van der Waals surface area contributed by atoms with Gasteiger partial charge in [-0.25, -0.2) is 4.98 Å². The standard InChI is InChI=1S/C28H39N5/c1-17-18(2)20(4)25(21(5)19(17)3)16-29-22-12-14-23(15-13-22)30-28-31-26-11-9-8-10-24(26)27(32-28)33(6)7/h8-11,22-23,29H,12-16H2,1-7H3,(H,30,31,32)/t22-,23+. The molecular weight excluding hydrogens is 406 g/mol. The number of hydrogen-bond donors (Lipinski definition) is 2.